The first-order valence-electron chi connectivity index (χ1n) is 10.1. The molecule has 9 nitrogen and oxygen atoms in total. The van der Waals surface area contributed by atoms with Gasteiger partial charge in [-0.05, 0) is 42.0 Å². The van der Waals surface area contributed by atoms with Gasteiger partial charge in [0.1, 0.15) is 17.6 Å². The zero-order valence-electron chi connectivity index (χ0n) is 17.5. The molecule has 0 bridgehead atoms. The smallest absolute Gasteiger partial charge is 0.322 e. The average Bonchev–Trinajstić information content (AvgIpc) is 3.22. The van der Waals surface area contributed by atoms with Gasteiger partial charge in [-0.15, -0.1) is 0 Å². The lowest BCUT2D eigenvalue weighted by atomic mass is 10.1. The zero-order chi connectivity index (χ0) is 24.3. The number of H-pyrrole nitrogens is 1. The Hall–Kier alpha value is -4.09. The van der Waals surface area contributed by atoms with Gasteiger partial charge in [-0.25, -0.2) is 12.8 Å². The van der Waals surface area contributed by atoms with Crippen molar-refractivity contribution < 1.29 is 27.5 Å². The van der Waals surface area contributed by atoms with Crippen LogP contribution in [-0.2, 0) is 21.2 Å². The van der Waals surface area contributed by atoms with Gasteiger partial charge in [-0.3, -0.25) is 14.6 Å². The Labute approximate surface area is 193 Å². The predicted octanol–water partition coefficient (Wildman–Crippen LogP) is 2.93. The number of aliphatic carboxylic acids is 1. The summed E-state index contributed by atoms with van der Waals surface area (Å²) in [5.74, 6) is -2.61. The average molecular weight is 482 g/mol. The van der Waals surface area contributed by atoms with Crippen LogP contribution in [0.25, 0.3) is 10.9 Å². The summed E-state index contributed by atoms with van der Waals surface area (Å²) in [5, 5.41) is 12.9. The molecule has 2 aromatic carbocycles. The van der Waals surface area contributed by atoms with Gasteiger partial charge >= 0.3 is 5.97 Å². The third-order valence-corrected chi connectivity index (χ3v) is 6.56. The number of rotatable bonds is 8. The van der Waals surface area contributed by atoms with E-state index < -0.39 is 33.8 Å². The number of aromatic amines is 1. The molecule has 0 aliphatic rings. The number of sulfonamides is 1. The molecule has 0 unspecified atom stereocenters. The fourth-order valence-corrected chi connectivity index (χ4v) is 4.59. The third kappa shape index (κ3) is 5.11. The standard InChI is InChI=1S/C23H19FN4O5S/c24-15-9-10-25-20(12-15)22(29)27-16-5-7-17(8-6-16)34(32,33)28-21(23(30)31)11-14-13-26-19-4-2-1-3-18(14)19/h1-10,12-13,21,26,28H,11H2,(H,27,29)(H,30,31)/t21-/m1/s1. The Balaban J connectivity index is 1.48. The minimum atomic E-state index is -4.18. The first kappa shape index (κ1) is 23.1. The van der Waals surface area contributed by atoms with Gasteiger partial charge in [0, 0.05) is 41.5 Å². The van der Waals surface area contributed by atoms with E-state index in [1.54, 1.807) is 6.20 Å². The molecule has 4 aromatic rings. The summed E-state index contributed by atoms with van der Waals surface area (Å²) in [7, 11) is -4.18. The SMILES string of the molecule is O=C(Nc1ccc(S(=O)(=O)N[C@H](Cc2c[nH]c3ccccc23)C(=O)O)cc1)c1cc(F)ccn1. The number of carbonyl (C=O) groups is 2. The Kier molecular flexibility index (Phi) is 6.39. The first-order valence-corrected chi connectivity index (χ1v) is 11.5. The summed E-state index contributed by atoms with van der Waals surface area (Å²) in [5.41, 5.74) is 1.59. The highest BCUT2D eigenvalue weighted by Gasteiger charge is 2.26. The fourth-order valence-electron chi connectivity index (χ4n) is 3.40. The number of carboxylic acid groups (broad SMARTS) is 1. The normalized spacial score (nSPS) is 12.4. The molecule has 1 atom stereocenters. The second-order valence-electron chi connectivity index (χ2n) is 7.41. The molecule has 0 spiro atoms. The number of carboxylic acids is 1. The lowest BCUT2D eigenvalue weighted by Gasteiger charge is -2.15. The Morgan fingerprint density at radius 2 is 1.82 bits per heavy atom. The number of anilines is 1. The number of hydrogen-bond donors (Lipinski definition) is 4. The zero-order valence-corrected chi connectivity index (χ0v) is 18.3. The van der Waals surface area contributed by atoms with Crippen molar-refractivity contribution in [3.63, 3.8) is 0 Å². The van der Waals surface area contributed by atoms with Crippen LogP contribution in [0.5, 0.6) is 0 Å². The van der Waals surface area contributed by atoms with Crippen molar-refractivity contribution >= 4 is 38.5 Å². The number of fused-ring (bicyclic) bond motifs is 1. The summed E-state index contributed by atoms with van der Waals surface area (Å²) < 4.78 is 41.1. The topological polar surface area (TPSA) is 141 Å². The minimum absolute atomic E-state index is 0.0621. The maximum absolute atomic E-state index is 13.3. The van der Waals surface area contributed by atoms with Crippen LogP contribution in [0.2, 0.25) is 0 Å². The highest BCUT2D eigenvalue weighted by Crippen LogP contribution is 2.21. The van der Waals surface area contributed by atoms with E-state index in [9.17, 15) is 27.5 Å². The van der Waals surface area contributed by atoms with Crippen molar-refractivity contribution in [1.29, 1.82) is 0 Å². The van der Waals surface area contributed by atoms with Crippen LogP contribution < -0.4 is 10.0 Å². The van der Waals surface area contributed by atoms with Crippen LogP contribution in [0, 0.1) is 5.82 Å². The van der Waals surface area contributed by atoms with Crippen molar-refractivity contribution in [2.24, 2.45) is 0 Å². The van der Waals surface area contributed by atoms with Gasteiger partial charge in [-0.2, -0.15) is 4.72 Å². The Morgan fingerprint density at radius 1 is 1.09 bits per heavy atom. The van der Waals surface area contributed by atoms with Crippen molar-refractivity contribution in [2.45, 2.75) is 17.4 Å². The third-order valence-electron chi connectivity index (χ3n) is 5.07. The van der Waals surface area contributed by atoms with E-state index in [2.05, 4.69) is 20.0 Å². The molecule has 0 saturated carbocycles. The van der Waals surface area contributed by atoms with Crippen molar-refractivity contribution in [3.8, 4) is 0 Å². The van der Waals surface area contributed by atoms with E-state index in [1.807, 2.05) is 24.3 Å². The fraction of sp³-hybridized carbons (Fsp3) is 0.0870. The Morgan fingerprint density at radius 3 is 2.53 bits per heavy atom. The van der Waals surface area contributed by atoms with E-state index in [4.69, 9.17) is 0 Å². The molecule has 2 heterocycles. The maximum Gasteiger partial charge on any atom is 0.322 e. The number of aromatic nitrogens is 2. The van der Waals surface area contributed by atoms with Crippen LogP contribution in [0.15, 0.2) is 78.0 Å². The second-order valence-corrected chi connectivity index (χ2v) is 9.13. The molecule has 0 saturated heterocycles. The molecule has 0 aliphatic heterocycles. The Bertz CT molecular complexity index is 1470. The molecule has 0 fully saturated rings. The summed E-state index contributed by atoms with van der Waals surface area (Å²) in [6, 6.07) is 13.1. The van der Waals surface area contributed by atoms with Crippen LogP contribution in [0.4, 0.5) is 10.1 Å². The highest BCUT2D eigenvalue weighted by molar-refractivity contribution is 7.89. The molecular weight excluding hydrogens is 463 g/mol. The van der Waals surface area contributed by atoms with Crippen LogP contribution in [0.3, 0.4) is 0 Å². The predicted molar refractivity (Wildman–Crippen MR) is 122 cm³/mol. The quantitative estimate of drug-likeness (QED) is 0.304. The van der Waals surface area contributed by atoms with Crippen molar-refractivity contribution in [2.75, 3.05) is 5.32 Å². The molecule has 4 N–H and O–H groups in total. The summed E-state index contributed by atoms with van der Waals surface area (Å²) in [4.78, 5) is 30.6. The van der Waals surface area contributed by atoms with Gasteiger partial charge in [0.15, 0.2) is 0 Å². The first-order chi connectivity index (χ1) is 16.2. The summed E-state index contributed by atoms with van der Waals surface area (Å²) in [6.45, 7) is 0. The number of pyridine rings is 1. The van der Waals surface area contributed by atoms with Crippen molar-refractivity contribution in [1.82, 2.24) is 14.7 Å². The van der Waals surface area contributed by atoms with E-state index in [-0.39, 0.29) is 22.7 Å². The second kappa shape index (κ2) is 9.41. The van der Waals surface area contributed by atoms with E-state index in [0.29, 0.717) is 5.56 Å². The van der Waals surface area contributed by atoms with Crippen molar-refractivity contribution in [3.05, 3.63) is 90.1 Å². The van der Waals surface area contributed by atoms with E-state index in [1.165, 1.54) is 24.3 Å². The number of carbonyl (C=O) groups excluding carboxylic acids is 1. The molecule has 174 valence electrons. The lowest BCUT2D eigenvalue weighted by molar-refractivity contribution is -0.138. The number of halogens is 1. The van der Waals surface area contributed by atoms with Gasteiger partial charge in [-0.1, -0.05) is 18.2 Å². The van der Waals surface area contributed by atoms with Gasteiger partial charge in [0.05, 0.1) is 4.90 Å². The summed E-state index contributed by atoms with van der Waals surface area (Å²) >= 11 is 0. The molecule has 0 radical (unpaired) electrons. The van der Waals surface area contributed by atoms with Gasteiger partial charge in [0.2, 0.25) is 10.0 Å². The number of nitrogens with zero attached hydrogens (tertiary/aromatic N) is 1. The number of nitrogens with one attached hydrogen (secondary N) is 3. The molecule has 0 aliphatic carbocycles. The lowest BCUT2D eigenvalue weighted by Crippen LogP contribution is -2.42. The highest BCUT2D eigenvalue weighted by atomic mass is 32.2. The number of amides is 1. The van der Waals surface area contributed by atoms with E-state index >= 15 is 0 Å². The molecule has 34 heavy (non-hydrogen) atoms. The van der Waals surface area contributed by atoms with Gasteiger partial charge < -0.3 is 15.4 Å². The molecule has 1 amide bonds. The summed E-state index contributed by atoms with van der Waals surface area (Å²) in [6.07, 6.45) is 2.74. The van der Waals surface area contributed by atoms with Crippen LogP contribution >= 0.6 is 0 Å². The molecule has 2 aromatic heterocycles. The largest absolute Gasteiger partial charge is 0.480 e. The monoisotopic (exact) mass is 482 g/mol. The van der Waals surface area contributed by atoms with E-state index in [0.717, 1.165) is 29.2 Å². The molecule has 4 rings (SSSR count). The molecule has 11 heteroatoms. The van der Waals surface area contributed by atoms with Crippen LogP contribution in [0.1, 0.15) is 16.1 Å². The number of benzene rings is 2. The maximum atomic E-state index is 13.3. The number of hydrogen-bond acceptors (Lipinski definition) is 5. The van der Waals surface area contributed by atoms with Gasteiger partial charge in [0.25, 0.3) is 5.91 Å². The molecular formula is C23H19FN4O5S. The van der Waals surface area contributed by atoms with Crippen LogP contribution in [-0.4, -0.2) is 41.4 Å². The number of para-hydroxylation sites is 1. The minimum Gasteiger partial charge on any atom is -0.480 e.